The highest BCUT2D eigenvalue weighted by molar-refractivity contribution is 6.02. The molecule has 4 N–H and O–H groups in total. The predicted molar refractivity (Wildman–Crippen MR) is 127 cm³/mol. The van der Waals surface area contributed by atoms with Crippen molar-refractivity contribution >= 4 is 34.9 Å². The van der Waals surface area contributed by atoms with Crippen LogP contribution >= 0.6 is 0 Å². The molecule has 0 saturated carbocycles. The number of anilines is 2. The van der Waals surface area contributed by atoms with Crippen molar-refractivity contribution in [3.63, 3.8) is 0 Å². The third kappa shape index (κ3) is 5.24. The van der Waals surface area contributed by atoms with E-state index in [9.17, 15) is 18.8 Å². The molecule has 2 saturated heterocycles. The van der Waals surface area contributed by atoms with Gasteiger partial charge in [0.1, 0.15) is 11.7 Å². The first-order valence-electron chi connectivity index (χ1n) is 11.5. The number of halogens is 1. The molecule has 0 bridgehead atoms. The summed E-state index contributed by atoms with van der Waals surface area (Å²) in [6, 6.07) is 10.6. The van der Waals surface area contributed by atoms with Crippen LogP contribution in [0.4, 0.5) is 15.8 Å². The number of amides is 3. The van der Waals surface area contributed by atoms with E-state index in [-0.39, 0.29) is 35.5 Å². The summed E-state index contributed by atoms with van der Waals surface area (Å²) in [5, 5.41) is 10.2. The van der Waals surface area contributed by atoms with Crippen LogP contribution in [0.3, 0.4) is 0 Å². The summed E-state index contributed by atoms with van der Waals surface area (Å²) in [5.74, 6) is -1.95. The van der Waals surface area contributed by atoms with E-state index in [1.807, 2.05) is 0 Å². The molecule has 1 unspecified atom stereocenters. The molecule has 3 amide bonds. The molecule has 2 aromatic carbocycles. The Kier molecular flexibility index (Phi) is 6.90. The van der Waals surface area contributed by atoms with Crippen molar-refractivity contribution < 1.29 is 18.8 Å². The molecule has 0 aliphatic carbocycles. The maximum absolute atomic E-state index is 14.4. The minimum atomic E-state index is -0.568. The van der Waals surface area contributed by atoms with E-state index in [2.05, 4.69) is 5.32 Å². The highest BCUT2D eigenvalue weighted by Crippen LogP contribution is 2.29. The van der Waals surface area contributed by atoms with Crippen LogP contribution in [0.2, 0.25) is 0 Å². The van der Waals surface area contributed by atoms with E-state index in [0.29, 0.717) is 49.4 Å². The van der Waals surface area contributed by atoms with Crippen LogP contribution in [0.15, 0.2) is 42.5 Å². The molecule has 4 rings (SSSR count). The average molecular weight is 466 g/mol. The van der Waals surface area contributed by atoms with E-state index in [1.54, 1.807) is 35.2 Å². The number of hydrogen-bond acceptors (Lipinski definition) is 4. The van der Waals surface area contributed by atoms with Gasteiger partial charge in [-0.25, -0.2) is 4.39 Å². The van der Waals surface area contributed by atoms with Crippen LogP contribution in [-0.4, -0.2) is 48.1 Å². The Bertz CT molecular complexity index is 1110. The van der Waals surface area contributed by atoms with Crippen molar-refractivity contribution in [2.45, 2.75) is 32.1 Å². The Balaban J connectivity index is 1.44. The maximum Gasteiger partial charge on any atom is 0.254 e. The van der Waals surface area contributed by atoms with Crippen LogP contribution in [0.25, 0.3) is 0 Å². The molecule has 1 atom stereocenters. The van der Waals surface area contributed by atoms with Gasteiger partial charge in [0.25, 0.3) is 5.91 Å². The molecule has 8 nitrogen and oxygen atoms in total. The number of nitrogens with two attached hydrogens (primary N) is 1. The first kappa shape index (κ1) is 23.4. The highest BCUT2D eigenvalue weighted by atomic mass is 19.1. The van der Waals surface area contributed by atoms with Crippen LogP contribution in [0, 0.1) is 17.1 Å². The normalized spacial score (nSPS) is 18.1. The summed E-state index contributed by atoms with van der Waals surface area (Å²) in [6.45, 7) is 1.72. The molecule has 2 aromatic rings. The topological polar surface area (TPSA) is 120 Å². The zero-order valence-corrected chi connectivity index (χ0v) is 18.9. The van der Waals surface area contributed by atoms with Crippen molar-refractivity contribution in [2.24, 2.45) is 11.7 Å². The molecular formula is C25H28FN5O3. The second-order valence-corrected chi connectivity index (χ2v) is 8.77. The molecule has 2 aliphatic rings. The number of nitrogen functional groups attached to an aromatic ring is 1. The number of hydrogen-bond donors (Lipinski definition) is 3. The van der Waals surface area contributed by atoms with E-state index in [1.165, 1.54) is 17.0 Å². The number of nitrogens with one attached hydrogen (secondary N) is 2. The van der Waals surface area contributed by atoms with E-state index in [4.69, 9.17) is 11.1 Å². The number of carbonyl (C=O) groups excluding carboxylic acids is 3. The molecule has 9 heteroatoms. The Morgan fingerprint density at radius 2 is 1.74 bits per heavy atom. The van der Waals surface area contributed by atoms with E-state index in [0.717, 1.165) is 12.8 Å². The van der Waals surface area contributed by atoms with Gasteiger partial charge >= 0.3 is 0 Å². The first-order valence-corrected chi connectivity index (χ1v) is 11.5. The Hall–Kier alpha value is -3.75. The van der Waals surface area contributed by atoms with E-state index >= 15 is 0 Å². The fraction of sp³-hybridized carbons (Fsp3) is 0.360. The predicted octanol–water partition coefficient (Wildman–Crippen LogP) is 3.12. The summed E-state index contributed by atoms with van der Waals surface area (Å²) in [4.78, 5) is 41.7. The van der Waals surface area contributed by atoms with Gasteiger partial charge < -0.3 is 20.9 Å². The largest absolute Gasteiger partial charge is 0.384 e. The number of nitrogens with zero attached hydrogens (tertiary/aromatic N) is 2. The van der Waals surface area contributed by atoms with Gasteiger partial charge in [0, 0.05) is 54.5 Å². The van der Waals surface area contributed by atoms with Gasteiger partial charge in [0.05, 0.1) is 0 Å². The Labute approximate surface area is 197 Å². The van der Waals surface area contributed by atoms with Gasteiger partial charge in [0.2, 0.25) is 11.8 Å². The highest BCUT2D eigenvalue weighted by Gasteiger charge is 2.32. The average Bonchev–Trinajstić information content (AvgIpc) is 3.35. The number of amidine groups is 1. The minimum absolute atomic E-state index is 0.00132. The summed E-state index contributed by atoms with van der Waals surface area (Å²) >= 11 is 0. The Morgan fingerprint density at radius 3 is 2.41 bits per heavy atom. The number of benzene rings is 2. The lowest BCUT2D eigenvalue weighted by molar-refractivity contribution is -0.127. The van der Waals surface area contributed by atoms with Gasteiger partial charge in [-0.1, -0.05) is 0 Å². The lowest BCUT2D eigenvalue weighted by Crippen LogP contribution is -2.42. The molecule has 0 spiro atoms. The summed E-state index contributed by atoms with van der Waals surface area (Å²) < 4.78 is 14.4. The fourth-order valence-corrected chi connectivity index (χ4v) is 4.52. The Morgan fingerprint density at radius 1 is 1.03 bits per heavy atom. The van der Waals surface area contributed by atoms with Gasteiger partial charge in [-0.3, -0.25) is 19.8 Å². The van der Waals surface area contributed by atoms with Crippen molar-refractivity contribution in [3.8, 4) is 0 Å². The molecule has 2 aliphatic heterocycles. The first-order chi connectivity index (χ1) is 16.3. The third-order valence-corrected chi connectivity index (χ3v) is 6.30. The molecule has 2 fully saturated rings. The molecule has 0 radical (unpaired) electrons. The van der Waals surface area contributed by atoms with Gasteiger partial charge in [-0.05, 0) is 68.1 Å². The summed E-state index contributed by atoms with van der Waals surface area (Å²) in [6.07, 6.45) is 3.09. The molecule has 0 aromatic heterocycles. The molecular weight excluding hydrogens is 437 g/mol. The van der Waals surface area contributed by atoms with Crippen LogP contribution in [-0.2, 0) is 9.59 Å². The summed E-state index contributed by atoms with van der Waals surface area (Å²) in [5.41, 5.74) is 7.12. The summed E-state index contributed by atoms with van der Waals surface area (Å²) in [7, 11) is 0. The number of likely N-dealkylation sites (tertiary alicyclic amines) is 1. The van der Waals surface area contributed by atoms with Crippen molar-refractivity contribution in [3.05, 3.63) is 59.4 Å². The molecule has 34 heavy (non-hydrogen) atoms. The third-order valence-electron chi connectivity index (χ3n) is 6.30. The van der Waals surface area contributed by atoms with Crippen molar-refractivity contribution in [2.75, 3.05) is 29.9 Å². The standard InChI is InChI=1S/C25H28FN5O3/c26-19-12-18(24(33)30-9-1-2-10-30)13-21(15-19)31-11-3-4-17(25(31)34)14-22(32)29-20-7-5-16(6-8-20)23(27)28/h5-8,12-13,15,17H,1-4,9-11,14H2,(H3,27,28)(H,29,32). The van der Waals surface area contributed by atoms with Crippen LogP contribution < -0.4 is 16.0 Å². The zero-order chi connectivity index (χ0) is 24.2. The van der Waals surface area contributed by atoms with Gasteiger partial charge in [-0.15, -0.1) is 0 Å². The second-order valence-electron chi connectivity index (χ2n) is 8.77. The minimum Gasteiger partial charge on any atom is -0.384 e. The number of piperidine rings is 1. The van der Waals surface area contributed by atoms with Crippen LogP contribution in [0.1, 0.15) is 48.0 Å². The molecule has 178 valence electrons. The molecule has 2 heterocycles. The van der Waals surface area contributed by atoms with E-state index < -0.39 is 11.7 Å². The SMILES string of the molecule is N=C(N)c1ccc(NC(=O)CC2CCCN(c3cc(F)cc(C(=O)N4CCCC4)c3)C2=O)cc1. The lowest BCUT2D eigenvalue weighted by Gasteiger charge is -2.32. The van der Waals surface area contributed by atoms with Crippen LogP contribution in [0.5, 0.6) is 0 Å². The van der Waals surface area contributed by atoms with Crippen molar-refractivity contribution in [1.82, 2.24) is 4.90 Å². The fourth-order valence-electron chi connectivity index (χ4n) is 4.52. The maximum atomic E-state index is 14.4. The number of carbonyl (C=O) groups is 3. The number of rotatable bonds is 6. The smallest absolute Gasteiger partial charge is 0.254 e. The quantitative estimate of drug-likeness (QED) is 0.448. The second kappa shape index (κ2) is 10.0. The van der Waals surface area contributed by atoms with Crippen molar-refractivity contribution in [1.29, 1.82) is 5.41 Å². The lowest BCUT2D eigenvalue weighted by atomic mass is 9.92. The monoisotopic (exact) mass is 465 g/mol. The van der Waals surface area contributed by atoms with Gasteiger partial charge in [-0.2, -0.15) is 0 Å². The van der Waals surface area contributed by atoms with Gasteiger partial charge in [0.15, 0.2) is 0 Å². The zero-order valence-electron chi connectivity index (χ0n) is 18.9.